The van der Waals surface area contributed by atoms with Crippen LogP contribution >= 0.6 is 11.8 Å². The van der Waals surface area contributed by atoms with Crippen LogP contribution in [0.2, 0.25) is 0 Å². The SMILES string of the molecule is CCc1noc(C(C)Sc2cc(C(=O)NC3CC3)c3ccccc3n2)n1. The minimum absolute atomic E-state index is 0.0355. The number of nitrogens with zero attached hydrogens (tertiary/aromatic N) is 3. The van der Waals surface area contributed by atoms with Crippen molar-refractivity contribution in [2.75, 3.05) is 0 Å². The zero-order chi connectivity index (χ0) is 18.1. The van der Waals surface area contributed by atoms with E-state index in [4.69, 9.17) is 9.51 Å². The Bertz CT molecular complexity index is 952. The van der Waals surface area contributed by atoms with Crippen LogP contribution < -0.4 is 5.32 Å². The van der Waals surface area contributed by atoms with Crippen LogP contribution in [-0.2, 0) is 6.42 Å². The van der Waals surface area contributed by atoms with Gasteiger partial charge in [0, 0.05) is 17.8 Å². The Labute approximate surface area is 155 Å². The molecule has 1 atom stereocenters. The fourth-order valence-electron chi connectivity index (χ4n) is 2.70. The third-order valence-electron chi connectivity index (χ3n) is 4.30. The van der Waals surface area contributed by atoms with Gasteiger partial charge in [0.15, 0.2) is 5.82 Å². The molecule has 2 aromatic heterocycles. The van der Waals surface area contributed by atoms with Crippen molar-refractivity contribution in [3.63, 3.8) is 0 Å². The summed E-state index contributed by atoms with van der Waals surface area (Å²) in [6.07, 6.45) is 2.86. The average Bonchev–Trinajstić information content (AvgIpc) is 3.33. The van der Waals surface area contributed by atoms with Gasteiger partial charge in [-0.25, -0.2) is 4.98 Å². The maximum Gasteiger partial charge on any atom is 0.252 e. The molecule has 1 unspecified atom stereocenters. The normalized spacial score (nSPS) is 15.2. The Morgan fingerprint density at radius 1 is 1.35 bits per heavy atom. The van der Waals surface area contributed by atoms with Crippen molar-refractivity contribution in [3.05, 3.63) is 47.6 Å². The topological polar surface area (TPSA) is 80.9 Å². The third-order valence-corrected chi connectivity index (χ3v) is 5.30. The number of para-hydroxylation sites is 1. The Kier molecular flexibility index (Phi) is 4.63. The van der Waals surface area contributed by atoms with Gasteiger partial charge in [-0.2, -0.15) is 4.98 Å². The third kappa shape index (κ3) is 3.58. The lowest BCUT2D eigenvalue weighted by Gasteiger charge is -2.11. The van der Waals surface area contributed by atoms with Gasteiger partial charge in [-0.15, -0.1) is 0 Å². The molecule has 1 saturated carbocycles. The largest absolute Gasteiger partial charge is 0.349 e. The van der Waals surface area contributed by atoms with Gasteiger partial charge >= 0.3 is 0 Å². The van der Waals surface area contributed by atoms with Gasteiger partial charge in [-0.05, 0) is 31.9 Å². The number of rotatable bonds is 6. The molecule has 26 heavy (non-hydrogen) atoms. The molecule has 1 fully saturated rings. The van der Waals surface area contributed by atoms with Crippen LogP contribution in [0, 0.1) is 0 Å². The van der Waals surface area contributed by atoms with E-state index in [0.29, 0.717) is 23.3 Å². The molecule has 1 aromatic carbocycles. The molecule has 1 amide bonds. The summed E-state index contributed by atoms with van der Waals surface area (Å²) in [6.45, 7) is 3.99. The molecule has 1 aliphatic rings. The van der Waals surface area contributed by atoms with Gasteiger partial charge in [0.1, 0.15) is 0 Å². The predicted octanol–water partition coefficient (Wildman–Crippen LogP) is 3.93. The van der Waals surface area contributed by atoms with Crippen LogP contribution in [0.15, 0.2) is 39.9 Å². The lowest BCUT2D eigenvalue weighted by Crippen LogP contribution is -2.25. The van der Waals surface area contributed by atoms with Crippen LogP contribution in [0.25, 0.3) is 10.9 Å². The number of benzene rings is 1. The van der Waals surface area contributed by atoms with E-state index in [-0.39, 0.29) is 11.2 Å². The molecule has 6 nitrogen and oxygen atoms in total. The molecule has 0 spiro atoms. The summed E-state index contributed by atoms with van der Waals surface area (Å²) in [5.74, 6) is 1.24. The maximum atomic E-state index is 12.7. The molecule has 4 rings (SSSR count). The van der Waals surface area contributed by atoms with E-state index < -0.39 is 0 Å². The smallest absolute Gasteiger partial charge is 0.252 e. The zero-order valence-electron chi connectivity index (χ0n) is 14.7. The van der Waals surface area contributed by atoms with Crippen molar-refractivity contribution in [1.82, 2.24) is 20.4 Å². The van der Waals surface area contributed by atoms with Crippen LogP contribution in [-0.4, -0.2) is 27.1 Å². The van der Waals surface area contributed by atoms with Crippen molar-refractivity contribution in [2.24, 2.45) is 0 Å². The monoisotopic (exact) mass is 368 g/mol. The predicted molar refractivity (Wildman–Crippen MR) is 100 cm³/mol. The second-order valence-corrected chi connectivity index (χ2v) is 7.80. The molecule has 3 aromatic rings. The van der Waals surface area contributed by atoms with E-state index in [1.54, 1.807) is 0 Å². The fraction of sp³-hybridized carbons (Fsp3) is 0.368. The molecule has 0 radical (unpaired) electrons. The lowest BCUT2D eigenvalue weighted by atomic mass is 10.1. The number of fused-ring (bicyclic) bond motifs is 1. The number of aryl methyl sites for hydroxylation is 1. The van der Waals surface area contributed by atoms with Crippen LogP contribution in [0.1, 0.15) is 54.0 Å². The molecule has 1 N–H and O–H groups in total. The second kappa shape index (κ2) is 7.07. The molecular weight excluding hydrogens is 348 g/mol. The van der Waals surface area contributed by atoms with Crippen molar-refractivity contribution in [1.29, 1.82) is 0 Å². The Balaban J connectivity index is 1.64. The fourth-order valence-corrected chi connectivity index (χ4v) is 3.59. The molecule has 2 heterocycles. The highest BCUT2D eigenvalue weighted by Crippen LogP contribution is 2.35. The van der Waals surface area contributed by atoms with E-state index >= 15 is 0 Å². The van der Waals surface area contributed by atoms with Crippen molar-refractivity contribution < 1.29 is 9.32 Å². The van der Waals surface area contributed by atoms with Crippen LogP contribution in [0.4, 0.5) is 0 Å². The number of hydrogen-bond acceptors (Lipinski definition) is 6. The molecule has 7 heteroatoms. The zero-order valence-corrected chi connectivity index (χ0v) is 15.5. The Morgan fingerprint density at radius 3 is 2.88 bits per heavy atom. The van der Waals surface area contributed by atoms with E-state index in [2.05, 4.69) is 15.5 Å². The number of carbonyl (C=O) groups excluding carboxylic acids is 1. The molecule has 0 bridgehead atoms. The molecule has 1 aliphatic carbocycles. The summed E-state index contributed by atoms with van der Waals surface area (Å²) in [5.41, 5.74) is 1.47. The summed E-state index contributed by atoms with van der Waals surface area (Å²) in [6, 6.07) is 9.90. The maximum absolute atomic E-state index is 12.7. The van der Waals surface area contributed by atoms with Gasteiger partial charge in [0.05, 0.1) is 21.4 Å². The van der Waals surface area contributed by atoms with E-state index in [1.165, 1.54) is 11.8 Å². The first-order valence-electron chi connectivity index (χ1n) is 8.84. The highest BCUT2D eigenvalue weighted by atomic mass is 32.2. The first-order valence-corrected chi connectivity index (χ1v) is 9.71. The highest BCUT2D eigenvalue weighted by molar-refractivity contribution is 7.99. The van der Waals surface area contributed by atoms with Crippen molar-refractivity contribution in [2.45, 2.75) is 49.4 Å². The number of pyridine rings is 1. The summed E-state index contributed by atoms with van der Waals surface area (Å²) in [7, 11) is 0. The van der Waals surface area contributed by atoms with E-state index in [9.17, 15) is 4.79 Å². The second-order valence-electron chi connectivity index (χ2n) is 6.44. The van der Waals surface area contributed by atoms with Crippen molar-refractivity contribution >= 4 is 28.6 Å². The van der Waals surface area contributed by atoms with Crippen LogP contribution in [0.5, 0.6) is 0 Å². The van der Waals surface area contributed by atoms with E-state index in [0.717, 1.165) is 35.2 Å². The first-order chi connectivity index (χ1) is 12.6. The molecular formula is C19H20N4O2S. The minimum Gasteiger partial charge on any atom is -0.349 e. The lowest BCUT2D eigenvalue weighted by molar-refractivity contribution is 0.0952. The summed E-state index contributed by atoms with van der Waals surface area (Å²) < 4.78 is 5.33. The molecule has 0 aliphatic heterocycles. The van der Waals surface area contributed by atoms with Gasteiger partial charge in [0.25, 0.3) is 5.91 Å². The van der Waals surface area contributed by atoms with Gasteiger partial charge < -0.3 is 9.84 Å². The number of carbonyl (C=O) groups is 1. The summed E-state index contributed by atoms with van der Waals surface area (Å²) in [5, 5.41) is 8.61. The number of nitrogens with one attached hydrogen (secondary N) is 1. The average molecular weight is 368 g/mol. The highest BCUT2D eigenvalue weighted by Gasteiger charge is 2.25. The number of aromatic nitrogens is 3. The Morgan fingerprint density at radius 2 is 2.15 bits per heavy atom. The summed E-state index contributed by atoms with van der Waals surface area (Å²) in [4.78, 5) is 21.8. The summed E-state index contributed by atoms with van der Waals surface area (Å²) >= 11 is 1.51. The van der Waals surface area contributed by atoms with E-state index in [1.807, 2.05) is 44.2 Å². The number of thioether (sulfide) groups is 1. The molecule has 134 valence electrons. The number of hydrogen-bond donors (Lipinski definition) is 1. The first kappa shape index (κ1) is 17.0. The van der Waals surface area contributed by atoms with Crippen LogP contribution in [0.3, 0.4) is 0 Å². The quantitative estimate of drug-likeness (QED) is 0.664. The van der Waals surface area contributed by atoms with Gasteiger partial charge in [-0.3, -0.25) is 4.79 Å². The number of amides is 1. The van der Waals surface area contributed by atoms with Crippen molar-refractivity contribution in [3.8, 4) is 0 Å². The Hall–Kier alpha value is -2.41. The minimum atomic E-state index is -0.0456. The molecule has 0 saturated heterocycles. The van der Waals surface area contributed by atoms with Gasteiger partial charge in [-0.1, -0.05) is 42.0 Å². The van der Waals surface area contributed by atoms with Gasteiger partial charge in [0.2, 0.25) is 5.89 Å². The standard InChI is InChI=1S/C19H20N4O2S/c1-3-16-22-19(25-23-16)11(2)26-17-10-14(18(24)20-12-8-9-12)13-6-4-5-7-15(13)21-17/h4-7,10-12H,3,8-9H2,1-2H3,(H,20,24).